The Bertz CT molecular complexity index is 913. The molecule has 2 amide bonds. The van der Waals surface area contributed by atoms with Crippen LogP contribution in [0, 0.1) is 0 Å². The normalized spacial score (nSPS) is 10.3. The van der Waals surface area contributed by atoms with E-state index in [2.05, 4.69) is 20.8 Å². The molecule has 3 aromatic rings. The SMILES string of the molecule is COc1cccc(Cc2nnc(NC(=O)NCc3ccccc3OC)s2)c1. The number of nitrogens with one attached hydrogen (secondary N) is 2. The molecule has 7 nitrogen and oxygen atoms in total. The van der Waals surface area contributed by atoms with Crippen LogP contribution in [0.25, 0.3) is 0 Å². The monoisotopic (exact) mass is 384 g/mol. The summed E-state index contributed by atoms with van der Waals surface area (Å²) in [6.45, 7) is 0.352. The summed E-state index contributed by atoms with van der Waals surface area (Å²) in [5, 5.41) is 14.9. The highest BCUT2D eigenvalue weighted by Crippen LogP contribution is 2.21. The van der Waals surface area contributed by atoms with Crippen LogP contribution >= 0.6 is 11.3 Å². The summed E-state index contributed by atoms with van der Waals surface area (Å²) < 4.78 is 10.5. The van der Waals surface area contributed by atoms with E-state index >= 15 is 0 Å². The zero-order valence-corrected chi connectivity index (χ0v) is 15.9. The van der Waals surface area contributed by atoms with Gasteiger partial charge in [0.15, 0.2) is 0 Å². The molecule has 2 aromatic carbocycles. The van der Waals surface area contributed by atoms with Gasteiger partial charge in [-0.2, -0.15) is 0 Å². The van der Waals surface area contributed by atoms with Gasteiger partial charge in [0, 0.05) is 18.5 Å². The minimum atomic E-state index is -0.343. The van der Waals surface area contributed by atoms with Crippen molar-refractivity contribution in [1.82, 2.24) is 15.5 Å². The van der Waals surface area contributed by atoms with Crippen LogP contribution in [0.5, 0.6) is 11.5 Å². The summed E-state index contributed by atoms with van der Waals surface area (Å²) in [5.74, 6) is 1.53. The third-order valence-electron chi connectivity index (χ3n) is 3.81. The third kappa shape index (κ3) is 5.18. The molecule has 0 unspecified atom stereocenters. The molecule has 3 rings (SSSR count). The zero-order valence-electron chi connectivity index (χ0n) is 15.1. The fourth-order valence-electron chi connectivity index (χ4n) is 2.50. The highest BCUT2D eigenvalue weighted by atomic mass is 32.1. The number of amides is 2. The van der Waals surface area contributed by atoms with E-state index in [-0.39, 0.29) is 6.03 Å². The lowest BCUT2D eigenvalue weighted by atomic mass is 10.1. The van der Waals surface area contributed by atoms with Gasteiger partial charge in [0.25, 0.3) is 0 Å². The quantitative estimate of drug-likeness (QED) is 0.651. The lowest BCUT2D eigenvalue weighted by Crippen LogP contribution is -2.28. The topological polar surface area (TPSA) is 85.4 Å². The average Bonchev–Trinajstić information content (AvgIpc) is 3.13. The number of aromatic nitrogens is 2. The van der Waals surface area contributed by atoms with Crippen LogP contribution in [0.2, 0.25) is 0 Å². The Morgan fingerprint density at radius 3 is 2.74 bits per heavy atom. The summed E-state index contributed by atoms with van der Waals surface area (Å²) in [7, 11) is 3.24. The van der Waals surface area contributed by atoms with E-state index in [0.29, 0.717) is 18.1 Å². The molecule has 0 atom stereocenters. The van der Waals surface area contributed by atoms with Crippen molar-refractivity contribution in [2.75, 3.05) is 19.5 Å². The molecule has 0 aliphatic rings. The number of anilines is 1. The fraction of sp³-hybridized carbons (Fsp3) is 0.211. The van der Waals surface area contributed by atoms with Crippen molar-refractivity contribution >= 4 is 22.5 Å². The Labute approximate surface area is 161 Å². The molecule has 0 saturated carbocycles. The van der Waals surface area contributed by atoms with Crippen molar-refractivity contribution in [2.45, 2.75) is 13.0 Å². The molecule has 27 heavy (non-hydrogen) atoms. The molecular formula is C19H20N4O3S. The van der Waals surface area contributed by atoms with Crippen molar-refractivity contribution in [3.8, 4) is 11.5 Å². The number of para-hydroxylation sites is 1. The predicted octanol–water partition coefficient (Wildman–Crippen LogP) is 3.47. The molecule has 2 N–H and O–H groups in total. The maximum Gasteiger partial charge on any atom is 0.321 e. The van der Waals surface area contributed by atoms with Crippen LogP contribution in [0.1, 0.15) is 16.1 Å². The summed E-state index contributed by atoms with van der Waals surface area (Å²) in [6.07, 6.45) is 0.624. The standard InChI is InChI=1S/C19H20N4O3S/c1-25-15-8-5-6-13(10-15)11-17-22-23-19(27-17)21-18(24)20-12-14-7-3-4-9-16(14)26-2/h3-10H,11-12H2,1-2H3,(H2,20,21,23,24). The lowest BCUT2D eigenvalue weighted by molar-refractivity contribution is 0.251. The molecule has 0 bridgehead atoms. The molecule has 8 heteroatoms. The van der Waals surface area contributed by atoms with Crippen molar-refractivity contribution in [3.63, 3.8) is 0 Å². The average molecular weight is 384 g/mol. The number of hydrogen-bond donors (Lipinski definition) is 2. The fourth-order valence-corrected chi connectivity index (χ4v) is 3.27. The third-order valence-corrected chi connectivity index (χ3v) is 4.65. The number of ether oxygens (including phenoxy) is 2. The number of hydrogen-bond acceptors (Lipinski definition) is 6. The summed E-state index contributed by atoms with van der Waals surface area (Å²) in [6, 6.07) is 15.0. The molecule has 140 valence electrons. The molecule has 1 aromatic heterocycles. The zero-order chi connectivity index (χ0) is 19.1. The first-order valence-electron chi connectivity index (χ1n) is 8.30. The molecule has 0 radical (unpaired) electrons. The van der Waals surface area contributed by atoms with Crippen LogP contribution in [0.4, 0.5) is 9.93 Å². The van der Waals surface area contributed by atoms with Crippen molar-refractivity contribution in [2.24, 2.45) is 0 Å². The predicted molar refractivity (Wildman–Crippen MR) is 105 cm³/mol. The van der Waals surface area contributed by atoms with Crippen molar-refractivity contribution in [3.05, 3.63) is 64.7 Å². The number of carbonyl (C=O) groups excluding carboxylic acids is 1. The first kappa shape index (κ1) is 18.7. The van der Waals surface area contributed by atoms with E-state index in [9.17, 15) is 4.79 Å². The van der Waals surface area contributed by atoms with Gasteiger partial charge in [0.05, 0.1) is 14.2 Å². The summed E-state index contributed by atoms with van der Waals surface area (Å²) >= 11 is 1.34. The molecule has 0 saturated heterocycles. The molecule has 0 aliphatic carbocycles. The van der Waals surface area contributed by atoms with Crippen LogP contribution in [0.3, 0.4) is 0 Å². The first-order chi connectivity index (χ1) is 13.2. The van der Waals surface area contributed by atoms with E-state index < -0.39 is 0 Å². The van der Waals surface area contributed by atoms with E-state index in [0.717, 1.165) is 27.6 Å². The maximum atomic E-state index is 12.1. The van der Waals surface area contributed by atoms with Gasteiger partial charge in [-0.25, -0.2) is 4.79 Å². The number of rotatable bonds is 7. The maximum absolute atomic E-state index is 12.1. The van der Waals surface area contributed by atoms with E-state index in [4.69, 9.17) is 9.47 Å². The Morgan fingerprint density at radius 2 is 1.93 bits per heavy atom. The van der Waals surface area contributed by atoms with Gasteiger partial charge in [0.2, 0.25) is 5.13 Å². The minimum absolute atomic E-state index is 0.343. The number of urea groups is 1. The second-order valence-corrected chi connectivity index (χ2v) is 6.71. The summed E-state index contributed by atoms with van der Waals surface area (Å²) in [5.41, 5.74) is 1.96. The number of benzene rings is 2. The lowest BCUT2D eigenvalue weighted by Gasteiger charge is -2.09. The number of carbonyl (C=O) groups is 1. The molecular weight excluding hydrogens is 364 g/mol. The molecule has 0 fully saturated rings. The van der Waals surface area contributed by atoms with E-state index in [1.807, 2.05) is 48.5 Å². The highest BCUT2D eigenvalue weighted by Gasteiger charge is 2.10. The van der Waals surface area contributed by atoms with E-state index in [1.165, 1.54) is 11.3 Å². The van der Waals surface area contributed by atoms with Gasteiger partial charge in [-0.1, -0.05) is 41.7 Å². The van der Waals surface area contributed by atoms with E-state index in [1.54, 1.807) is 14.2 Å². The second kappa shape index (κ2) is 9.00. The Morgan fingerprint density at radius 1 is 1.07 bits per heavy atom. The van der Waals surface area contributed by atoms with Gasteiger partial charge >= 0.3 is 6.03 Å². The molecule has 1 heterocycles. The van der Waals surface area contributed by atoms with Gasteiger partial charge in [-0.15, -0.1) is 10.2 Å². The number of methoxy groups -OCH3 is 2. The first-order valence-corrected chi connectivity index (χ1v) is 9.11. The second-order valence-electron chi connectivity index (χ2n) is 5.65. The smallest absolute Gasteiger partial charge is 0.321 e. The van der Waals surface area contributed by atoms with Crippen LogP contribution < -0.4 is 20.1 Å². The Balaban J connectivity index is 1.54. The minimum Gasteiger partial charge on any atom is -0.497 e. The Kier molecular flexibility index (Phi) is 6.22. The molecule has 0 spiro atoms. The van der Waals surface area contributed by atoms with Crippen molar-refractivity contribution < 1.29 is 14.3 Å². The van der Waals surface area contributed by atoms with Crippen LogP contribution in [-0.4, -0.2) is 30.4 Å². The van der Waals surface area contributed by atoms with Gasteiger partial charge in [0.1, 0.15) is 16.5 Å². The van der Waals surface area contributed by atoms with Gasteiger partial charge in [-0.05, 0) is 23.8 Å². The van der Waals surface area contributed by atoms with Gasteiger partial charge < -0.3 is 14.8 Å². The summed E-state index contributed by atoms with van der Waals surface area (Å²) in [4.78, 5) is 12.1. The largest absolute Gasteiger partial charge is 0.497 e. The van der Waals surface area contributed by atoms with Crippen molar-refractivity contribution in [1.29, 1.82) is 0 Å². The number of nitrogens with zero attached hydrogens (tertiary/aromatic N) is 2. The Hall–Kier alpha value is -3.13. The van der Waals surface area contributed by atoms with Gasteiger partial charge in [-0.3, -0.25) is 5.32 Å². The van der Waals surface area contributed by atoms with Crippen LogP contribution in [0.15, 0.2) is 48.5 Å². The highest BCUT2D eigenvalue weighted by molar-refractivity contribution is 7.15. The van der Waals surface area contributed by atoms with Crippen LogP contribution in [-0.2, 0) is 13.0 Å². The molecule has 0 aliphatic heterocycles.